The zero-order chi connectivity index (χ0) is 7.71. The fourth-order valence-electron chi connectivity index (χ4n) is 1.12. The second-order valence-corrected chi connectivity index (χ2v) is 7.88. The molecule has 0 aromatic heterocycles. The molecule has 64 valence electrons. The van der Waals surface area contributed by atoms with E-state index in [1.165, 1.54) is 0 Å². The number of hydrogen-bond donors (Lipinski definition) is 0. The molecule has 0 bridgehead atoms. The average molecular weight is 182 g/mol. The zero-order valence-electron chi connectivity index (χ0n) is 7.88. The Labute approximate surface area is 73.4 Å². The number of halogens is 1. The van der Waals surface area contributed by atoms with Gasteiger partial charge < -0.3 is 12.4 Å². The van der Waals surface area contributed by atoms with Gasteiger partial charge in [-0.25, -0.2) is 0 Å². The lowest BCUT2D eigenvalue weighted by Crippen LogP contribution is -3.00. The van der Waals surface area contributed by atoms with Crippen molar-refractivity contribution in [1.29, 1.82) is 0 Å². The second kappa shape index (κ2) is 3.93. The van der Waals surface area contributed by atoms with Gasteiger partial charge in [-0.15, -0.1) is 8.58 Å². The monoisotopic (exact) mass is 181 g/mol. The number of rotatable bonds is 0. The normalized spacial score (nSPS) is 12.6. The summed E-state index contributed by atoms with van der Waals surface area (Å²) in [5.74, 6) is 0. The predicted molar refractivity (Wildman–Crippen MR) is 47.8 cm³/mol. The second-order valence-electron chi connectivity index (χ2n) is 4.62. The van der Waals surface area contributed by atoms with Gasteiger partial charge in [0.25, 0.3) is 0 Å². The first-order valence-corrected chi connectivity index (χ1v) is 4.50. The van der Waals surface area contributed by atoms with E-state index in [0.717, 1.165) is 8.58 Å². The predicted octanol–water partition coefficient (Wildman–Crippen LogP) is 0.266. The Balaban J connectivity index is 0. The lowest BCUT2D eigenvalue weighted by molar-refractivity contribution is -0.00000272. The molecule has 2 heteroatoms. The molecule has 0 spiro atoms. The van der Waals surface area contributed by atoms with Crippen LogP contribution in [0.5, 0.6) is 0 Å². The molecule has 0 aromatic carbocycles. The van der Waals surface area contributed by atoms with E-state index in [0.29, 0.717) is 10.3 Å². The lowest BCUT2D eigenvalue weighted by Gasteiger charge is -2.28. The van der Waals surface area contributed by atoms with Gasteiger partial charge in [-0.05, 0) is 10.3 Å². The Morgan fingerprint density at radius 2 is 0.900 bits per heavy atom. The summed E-state index contributed by atoms with van der Waals surface area (Å²) in [7, 11) is 1.05. The molecule has 0 aliphatic rings. The molecular formula is C8H19ClP-. The molecule has 0 aliphatic heterocycles. The quantitative estimate of drug-likeness (QED) is 0.471. The average Bonchev–Trinajstić information content (AvgIpc) is 1.14. The third-order valence-electron chi connectivity index (χ3n) is 0.750. The van der Waals surface area contributed by atoms with Gasteiger partial charge >= 0.3 is 0 Å². The standard InChI is InChI=1S/C8H19P.ClH/c1-7(2,3)9-8(4,5)6;/h9H,1-6H3;1H/p-1. The van der Waals surface area contributed by atoms with Gasteiger partial charge in [-0.2, -0.15) is 0 Å². The maximum Gasteiger partial charge on any atom is -0.0202 e. The van der Waals surface area contributed by atoms with E-state index in [2.05, 4.69) is 41.5 Å². The summed E-state index contributed by atoms with van der Waals surface area (Å²) >= 11 is 0. The summed E-state index contributed by atoms with van der Waals surface area (Å²) in [6.45, 7) is 13.8. The SMILES string of the molecule is CC(C)(C)PC(C)(C)C.[Cl-]. The molecule has 0 saturated heterocycles. The van der Waals surface area contributed by atoms with E-state index in [1.54, 1.807) is 0 Å². The van der Waals surface area contributed by atoms with Gasteiger partial charge in [0.15, 0.2) is 0 Å². The first-order chi connectivity index (χ1) is 3.71. The van der Waals surface area contributed by atoms with Crippen molar-refractivity contribution in [3.8, 4) is 0 Å². The minimum Gasteiger partial charge on any atom is -1.00 e. The van der Waals surface area contributed by atoms with Gasteiger partial charge in [0.1, 0.15) is 0 Å². The zero-order valence-corrected chi connectivity index (χ0v) is 9.63. The molecule has 0 radical (unpaired) electrons. The summed E-state index contributed by atoms with van der Waals surface area (Å²) in [6, 6.07) is 0. The van der Waals surface area contributed by atoms with Gasteiger partial charge in [-0.3, -0.25) is 0 Å². The number of hydrogen-bond acceptors (Lipinski definition) is 0. The Morgan fingerprint density at radius 3 is 0.900 bits per heavy atom. The maximum atomic E-state index is 2.30. The van der Waals surface area contributed by atoms with E-state index in [-0.39, 0.29) is 12.4 Å². The summed E-state index contributed by atoms with van der Waals surface area (Å²) in [5, 5.41) is 1.02. The molecule has 0 amide bonds. The van der Waals surface area contributed by atoms with Crippen molar-refractivity contribution in [3.05, 3.63) is 0 Å². The first kappa shape index (κ1) is 13.3. The third-order valence-corrected chi connectivity index (χ3v) is 2.25. The molecular weight excluding hydrogens is 163 g/mol. The Morgan fingerprint density at radius 1 is 0.700 bits per heavy atom. The maximum absolute atomic E-state index is 2.30. The third kappa shape index (κ3) is 11.5. The van der Waals surface area contributed by atoms with Crippen LogP contribution in [0.15, 0.2) is 0 Å². The summed E-state index contributed by atoms with van der Waals surface area (Å²) < 4.78 is 0. The minimum atomic E-state index is 0. The van der Waals surface area contributed by atoms with Crippen LogP contribution in [0.25, 0.3) is 0 Å². The minimum absolute atomic E-state index is 0. The van der Waals surface area contributed by atoms with Crippen molar-refractivity contribution in [2.75, 3.05) is 0 Å². The van der Waals surface area contributed by atoms with E-state index in [4.69, 9.17) is 0 Å². The summed E-state index contributed by atoms with van der Waals surface area (Å²) in [6.07, 6.45) is 0. The first-order valence-electron chi connectivity index (χ1n) is 3.50. The topological polar surface area (TPSA) is 0 Å². The fraction of sp³-hybridized carbons (Fsp3) is 1.00. The molecule has 0 unspecified atom stereocenters. The van der Waals surface area contributed by atoms with Gasteiger partial charge in [0, 0.05) is 0 Å². The molecule has 10 heavy (non-hydrogen) atoms. The molecule has 0 fully saturated rings. The molecule has 0 atom stereocenters. The van der Waals surface area contributed by atoms with Gasteiger partial charge in [-0.1, -0.05) is 41.5 Å². The molecule has 0 aromatic rings. The van der Waals surface area contributed by atoms with E-state index >= 15 is 0 Å². The van der Waals surface area contributed by atoms with Crippen LogP contribution in [0.1, 0.15) is 41.5 Å². The summed E-state index contributed by atoms with van der Waals surface area (Å²) in [5.41, 5.74) is 0. The smallest absolute Gasteiger partial charge is 0.0202 e. The Bertz CT molecular complexity index is 74.4. The van der Waals surface area contributed by atoms with Crippen molar-refractivity contribution in [3.63, 3.8) is 0 Å². The van der Waals surface area contributed by atoms with Gasteiger partial charge in [0.05, 0.1) is 0 Å². The Hall–Kier alpha value is 0.720. The molecule has 0 rings (SSSR count). The lowest BCUT2D eigenvalue weighted by atomic mass is 10.2. The van der Waals surface area contributed by atoms with Crippen molar-refractivity contribution in [2.24, 2.45) is 0 Å². The van der Waals surface area contributed by atoms with Crippen LogP contribution in [-0.4, -0.2) is 10.3 Å². The van der Waals surface area contributed by atoms with Crippen molar-refractivity contribution in [2.45, 2.75) is 51.9 Å². The van der Waals surface area contributed by atoms with Crippen molar-refractivity contribution < 1.29 is 12.4 Å². The Kier molecular flexibility index (Phi) is 5.23. The van der Waals surface area contributed by atoms with E-state index < -0.39 is 0 Å². The van der Waals surface area contributed by atoms with Crippen molar-refractivity contribution >= 4 is 8.58 Å². The van der Waals surface area contributed by atoms with Crippen LogP contribution in [-0.2, 0) is 0 Å². The highest BCUT2D eigenvalue weighted by molar-refractivity contribution is 7.41. The van der Waals surface area contributed by atoms with E-state index in [1.807, 2.05) is 0 Å². The van der Waals surface area contributed by atoms with Crippen LogP contribution in [0.2, 0.25) is 0 Å². The largest absolute Gasteiger partial charge is 1.00 e. The fourth-order valence-corrected chi connectivity index (χ4v) is 3.38. The highest BCUT2D eigenvalue weighted by Crippen LogP contribution is 2.41. The van der Waals surface area contributed by atoms with Crippen LogP contribution in [0.4, 0.5) is 0 Å². The van der Waals surface area contributed by atoms with Crippen LogP contribution >= 0.6 is 8.58 Å². The van der Waals surface area contributed by atoms with Crippen LogP contribution in [0.3, 0.4) is 0 Å². The highest BCUT2D eigenvalue weighted by atomic mass is 35.5. The molecule has 0 saturated carbocycles. The van der Waals surface area contributed by atoms with Crippen LogP contribution in [0, 0.1) is 0 Å². The molecule has 0 nitrogen and oxygen atoms in total. The van der Waals surface area contributed by atoms with Crippen molar-refractivity contribution in [1.82, 2.24) is 0 Å². The van der Waals surface area contributed by atoms with Gasteiger partial charge in [0.2, 0.25) is 0 Å². The molecule has 0 heterocycles. The highest BCUT2D eigenvalue weighted by Gasteiger charge is 2.19. The molecule has 0 aliphatic carbocycles. The van der Waals surface area contributed by atoms with E-state index in [9.17, 15) is 0 Å². The van der Waals surface area contributed by atoms with Crippen LogP contribution < -0.4 is 12.4 Å². The summed E-state index contributed by atoms with van der Waals surface area (Å²) in [4.78, 5) is 0. The molecule has 0 N–H and O–H groups in total.